The number of hydrogen-bond acceptors (Lipinski definition) is 3. The molecular formula is C11H13ClO3S. The maximum Gasteiger partial charge on any atom is 0.232 e. The van der Waals surface area contributed by atoms with Gasteiger partial charge in [0.05, 0.1) is 5.75 Å². The quantitative estimate of drug-likeness (QED) is 0.782. The number of aryl methyl sites for hydroxylation is 1. The van der Waals surface area contributed by atoms with E-state index in [1.807, 2.05) is 25.1 Å². The zero-order valence-electron chi connectivity index (χ0n) is 8.94. The first-order valence-corrected chi connectivity index (χ1v) is 7.63. The van der Waals surface area contributed by atoms with Crippen molar-refractivity contribution in [2.75, 3.05) is 5.75 Å². The van der Waals surface area contributed by atoms with Crippen molar-refractivity contribution >= 4 is 19.7 Å². The molecule has 0 aromatic heterocycles. The Morgan fingerprint density at radius 2 is 2.25 bits per heavy atom. The van der Waals surface area contributed by atoms with Gasteiger partial charge in [0.25, 0.3) is 0 Å². The third kappa shape index (κ3) is 2.68. The topological polar surface area (TPSA) is 43.4 Å². The Morgan fingerprint density at radius 3 is 2.94 bits per heavy atom. The van der Waals surface area contributed by atoms with Crippen molar-refractivity contribution in [1.29, 1.82) is 0 Å². The standard InChI is InChI=1S/C11H13ClO3S/c1-8-7-10-9(5-6-16(12,13)14)3-2-4-11(10)15-8/h2-4,8H,5-7H2,1H3. The Balaban J connectivity index is 2.21. The predicted octanol–water partition coefficient (Wildman–Crippen LogP) is 2.12. The van der Waals surface area contributed by atoms with Crippen molar-refractivity contribution in [3.05, 3.63) is 29.3 Å². The van der Waals surface area contributed by atoms with Crippen LogP contribution < -0.4 is 4.74 Å². The molecule has 0 bridgehead atoms. The normalized spacial score (nSPS) is 19.2. The fraction of sp³-hybridized carbons (Fsp3) is 0.455. The summed E-state index contributed by atoms with van der Waals surface area (Å²) in [7, 11) is 1.78. The van der Waals surface area contributed by atoms with E-state index in [1.54, 1.807) is 0 Å². The number of halogens is 1. The lowest BCUT2D eigenvalue weighted by molar-refractivity contribution is 0.254. The Kier molecular flexibility index (Phi) is 3.13. The minimum absolute atomic E-state index is 0.0284. The highest BCUT2D eigenvalue weighted by atomic mass is 35.7. The first-order valence-electron chi connectivity index (χ1n) is 5.15. The van der Waals surface area contributed by atoms with Crippen LogP contribution >= 0.6 is 10.7 Å². The van der Waals surface area contributed by atoms with E-state index >= 15 is 0 Å². The van der Waals surface area contributed by atoms with Gasteiger partial charge in [-0.3, -0.25) is 0 Å². The molecule has 16 heavy (non-hydrogen) atoms. The van der Waals surface area contributed by atoms with Gasteiger partial charge in [-0.15, -0.1) is 0 Å². The molecule has 0 amide bonds. The van der Waals surface area contributed by atoms with Gasteiger partial charge in [-0.25, -0.2) is 8.42 Å². The highest BCUT2D eigenvalue weighted by molar-refractivity contribution is 8.13. The summed E-state index contributed by atoms with van der Waals surface area (Å²) in [4.78, 5) is 0. The second-order valence-corrected chi connectivity index (χ2v) is 6.92. The van der Waals surface area contributed by atoms with Gasteiger partial charge in [0.1, 0.15) is 11.9 Å². The zero-order chi connectivity index (χ0) is 11.8. The van der Waals surface area contributed by atoms with Crippen molar-refractivity contribution in [1.82, 2.24) is 0 Å². The molecule has 0 spiro atoms. The molecule has 0 aliphatic carbocycles. The van der Waals surface area contributed by atoms with E-state index in [0.29, 0.717) is 6.42 Å². The second kappa shape index (κ2) is 4.26. The van der Waals surface area contributed by atoms with Gasteiger partial charge in [-0.1, -0.05) is 12.1 Å². The van der Waals surface area contributed by atoms with E-state index in [2.05, 4.69) is 0 Å². The molecule has 0 radical (unpaired) electrons. The molecule has 1 unspecified atom stereocenters. The van der Waals surface area contributed by atoms with Crippen LogP contribution in [0.5, 0.6) is 5.75 Å². The molecule has 1 atom stereocenters. The van der Waals surface area contributed by atoms with Crippen molar-refractivity contribution in [2.45, 2.75) is 25.9 Å². The molecule has 5 heteroatoms. The molecule has 1 aliphatic heterocycles. The summed E-state index contributed by atoms with van der Waals surface area (Å²) in [6.45, 7) is 2.00. The first-order chi connectivity index (χ1) is 7.46. The van der Waals surface area contributed by atoms with Gasteiger partial charge in [-0.05, 0) is 25.0 Å². The fourth-order valence-electron chi connectivity index (χ4n) is 1.97. The molecule has 0 saturated heterocycles. The summed E-state index contributed by atoms with van der Waals surface area (Å²) in [6, 6.07) is 5.73. The minimum Gasteiger partial charge on any atom is -0.490 e. The molecule has 1 aromatic rings. The van der Waals surface area contributed by atoms with E-state index in [4.69, 9.17) is 15.4 Å². The minimum atomic E-state index is -3.42. The number of fused-ring (bicyclic) bond motifs is 1. The van der Waals surface area contributed by atoms with Crippen LogP contribution in [0.1, 0.15) is 18.1 Å². The van der Waals surface area contributed by atoms with Crippen LogP contribution in [0.25, 0.3) is 0 Å². The Labute approximate surface area is 99.8 Å². The number of benzene rings is 1. The molecule has 88 valence electrons. The van der Waals surface area contributed by atoms with Crippen molar-refractivity contribution in [3.8, 4) is 5.75 Å². The number of rotatable bonds is 3. The summed E-state index contributed by atoms with van der Waals surface area (Å²) in [5, 5.41) is 0. The van der Waals surface area contributed by atoms with E-state index in [1.165, 1.54) is 0 Å². The van der Waals surface area contributed by atoms with Crippen molar-refractivity contribution in [2.24, 2.45) is 0 Å². The third-order valence-corrected chi connectivity index (χ3v) is 3.82. The molecule has 1 heterocycles. The van der Waals surface area contributed by atoms with E-state index in [0.717, 1.165) is 23.3 Å². The monoisotopic (exact) mass is 260 g/mol. The predicted molar refractivity (Wildman–Crippen MR) is 63.6 cm³/mol. The molecular weight excluding hydrogens is 248 g/mol. The van der Waals surface area contributed by atoms with Crippen LogP contribution in [0, 0.1) is 0 Å². The molecule has 0 fully saturated rings. The zero-order valence-corrected chi connectivity index (χ0v) is 10.5. The van der Waals surface area contributed by atoms with Crippen LogP contribution in [0.4, 0.5) is 0 Å². The Bertz CT molecular complexity index is 496. The summed E-state index contributed by atoms with van der Waals surface area (Å²) < 4.78 is 27.4. The summed E-state index contributed by atoms with van der Waals surface area (Å²) in [5.74, 6) is 0.844. The van der Waals surface area contributed by atoms with Gasteiger partial charge in [0.2, 0.25) is 9.05 Å². The lowest BCUT2D eigenvalue weighted by Crippen LogP contribution is -2.06. The largest absolute Gasteiger partial charge is 0.490 e. The van der Waals surface area contributed by atoms with Crippen molar-refractivity contribution < 1.29 is 13.2 Å². The van der Waals surface area contributed by atoms with E-state index in [9.17, 15) is 8.42 Å². The Morgan fingerprint density at radius 1 is 1.50 bits per heavy atom. The molecule has 0 saturated carbocycles. The first kappa shape index (κ1) is 11.7. The summed E-state index contributed by atoms with van der Waals surface area (Å²) in [6.07, 6.45) is 1.46. The molecule has 3 nitrogen and oxygen atoms in total. The third-order valence-electron chi connectivity index (χ3n) is 2.67. The van der Waals surface area contributed by atoms with Crippen molar-refractivity contribution in [3.63, 3.8) is 0 Å². The fourth-order valence-corrected chi connectivity index (χ4v) is 2.66. The van der Waals surface area contributed by atoms with Gasteiger partial charge < -0.3 is 4.74 Å². The van der Waals surface area contributed by atoms with Crippen LogP contribution in [0.15, 0.2) is 18.2 Å². The van der Waals surface area contributed by atoms with E-state index in [-0.39, 0.29) is 11.9 Å². The van der Waals surface area contributed by atoms with Gasteiger partial charge in [-0.2, -0.15) is 0 Å². The van der Waals surface area contributed by atoms with Crippen LogP contribution in [-0.2, 0) is 21.9 Å². The highest BCUT2D eigenvalue weighted by Gasteiger charge is 2.21. The molecule has 1 aromatic carbocycles. The summed E-state index contributed by atoms with van der Waals surface area (Å²) >= 11 is 0. The lowest BCUT2D eigenvalue weighted by Gasteiger charge is -2.05. The SMILES string of the molecule is CC1Cc2c(CCS(=O)(=O)Cl)cccc2O1. The smallest absolute Gasteiger partial charge is 0.232 e. The van der Waals surface area contributed by atoms with Crippen LogP contribution in [-0.4, -0.2) is 20.3 Å². The lowest BCUT2D eigenvalue weighted by atomic mass is 10.0. The summed E-state index contributed by atoms with van der Waals surface area (Å²) in [5.41, 5.74) is 2.14. The van der Waals surface area contributed by atoms with Gasteiger partial charge >= 0.3 is 0 Å². The van der Waals surface area contributed by atoms with Crippen LogP contribution in [0.2, 0.25) is 0 Å². The highest BCUT2D eigenvalue weighted by Crippen LogP contribution is 2.31. The second-order valence-electron chi connectivity index (χ2n) is 4.02. The average Bonchev–Trinajstić information content (AvgIpc) is 2.54. The van der Waals surface area contributed by atoms with E-state index < -0.39 is 9.05 Å². The average molecular weight is 261 g/mol. The van der Waals surface area contributed by atoms with Crippen LogP contribution in [0.3, 0.4) is 0 Å². The number of hydrogen-bond donors (Lipinski definition) is 0. The Hall–Kier alpha value is -0.740. The molecule has 1 aliphatic rings. The molecule has 0 N–H and O–H groups in total. The van der Waals surface area contributed by atoms with Gasteiger partial charge in [0, 0.05) is 22.7 Å². The van der Waals surface area contributed by atoms with Gasteiger partial charge in [0.15, 0.2) is 0 Å². The maximum atomic E-state index is 10.9. The number of ether oxygens (including phenoxy) is 1. The molecule has 2 rings (SSSR count). The maximum absolute atomic E-state index is 10.9.